The first-order valence-electron chi connectivity index (χ1n) is 10.5. The molecule has 0 atom stereocenters. The summed E-state index contributed by atoms with van der Waals surface area (Å²) in [4.78, 5) is 8.77. The van der Waals surface area contributed by atoms with E-state index < -0.39 is 0 Å². The van der Waals surface area contributed by atoms with Crippen LogP contribution >= 0.6 is 0 Å². The molecule has 2 heterocycles. The predicted molar refractivity (Wildman–Crippen MR) is 137 cm³/mol. The molecule has 0 unspecified atom stereocenters. The molecule has 0 radical (unpaired) electrons. The Morgan fingerprint density at radius 2 is 0.794 bits per heavy atom. The van der Waals surface area contributed by atoms with Crippen molar-refractivity contribution in [3.63, 3.8) is 0 Å². The van der Waals surface area contributed by atoms with Gasteiger partial charge in [-0.2, -0.15) is 0 Å². The van der Waals surface area contributed by atoms with E-state index in [9.17, 15) is 0 Å². The van der Waals surface area contributed by atoms with Gasteiger partial charge in [-0.05, 0) is 84.9 Å². The molecule has 0 aliphatic heterocycles. The summed E-state index contributed by atoms with van der Waals surface area (Å²) in [7, 11) is 0. The van der Waals surface area contributed by atoms with Crippen molar-refractivity contribution in [1.29, 1.82) is 0 Å². The third-order valence-electron chi connectivity index (χ3n) is 5.14. The van der Waals surface area contributed by atoms with Gasteiger partial charge in [-0.3, -0.25) is 0 Å². The second-order valence-electron chi connectivity index (χ2n) is 7.74. The van der Waals surface area contributed by atoms with E-state index in [0.29, 0.717) is 34.5 Å². The molecule has 0 spiro atoms. The number of nitrogens with zero attached hydrogens (tertiary/aromatic N) is 2. The molecule has 6 rings (SSSR count). The van der Waals surface area contributed by atoms with Crippen LogP contribution < -0.4 is 22.9 Å². The van der Waals surface area contributed by atoms with Crippen molar-refractivity contribution in [1.82, 2.24) is 9.97 Å². The van der Waals surface area contributed by atoms with Gasteiger partial charge in [0.1, 0.15) is 11.0 Å². The molecule has 34 heavy (non-hydrogen) atoms. The molecular formula is C26H22N6O2. The standard InChI is InChI=1S/2C13H11N3O/c2*14-9-3-1-8(2-4-9)13-16-11-7-10(15)5-6-12(11)17-13/h2*1-7H,14-15H2. The molecule has 4 aromatic carbocycles. The minimum Gasteiger partial charge on any atom is -0.436 e. The summed E-state index contributed by atoms with van der Waals surface area (Å²) in [6.07, 6.45) is 0. The zero-order valence-corrected chi connectivity index (χ0v) is 18.1. The quantitative estimate of drug-likeness (QED) is 0.258. The summed E-state index contributed by atoms with van der Waals surface area (Å²) in [5.74, 6) is 1.15. The highest BCUT2D eigenvalue weighted by Gasteiger charge is 2.09. The van der Waals surface area contributed by atoms with E-state index in [1.165, 1.54) is 0 Å². The maximum Gasteiger partial charge on any atom is 0.227 e. The van der Waals surface area contributed by atoms with E-state index in [0.717, 1.165) is 33.3 Å². The Morgan fingerprint density at radius 3 is 1.18 bits per heavy atom. The topological polar surface area (TPSA) is 156 Å². The van der Waals surface area contributed by atoms with E-state index in [1.54, 1.807) is 24.3 Å². The number of anilines is 4. The number of hydrogen-bond donors (Lipinski definition) is 4. The van der Waals surface area contributed by atoms with Crippen molar-refractivity contribution in [2.75, 3.05) is 22.9 Å². The Balaban J connectivity index is 0.000000142. The third kappa shape index (κ3) is 4.33. The summed E-state index contributed by atoms with van der Waals surface area (Å²) in [5.41, 5.74) is 30.2. The molecule has 168 valence electrons. The Hall–Kier alpha value is -4.98. The molecule has 0 fully saturated rings. The molecule has 0 aliphatic carbocycles. The maximum absolute atomic E-state index is 5.69. The minimum absolute atomic E-state index is 0.575. The fourth-order valence-corrected chi connectivity index (χ4v) is 3.39. The summed E-state index contributed by atoms with van der Waals surface area (Å²) in [6.45, 7) is 0. The average Bonchev–Trinajstić information content (AvgIpc) is 3.44. The largest absolute Gasteiger partial charge is 0.436 e. The predicted octanol–water partition coefficient (Wildman–Crippen LogP) is 5.32. The van der Waals surface area contributed by atoms with Crippen LogP contribution in [0.4, 0.5) is 22.7 Å². The number of nitrogen functional groups attached to an aromatic ring is 4. The van der Waals surface area contributed by atoms with Crippen LogP contribution in [0.25, 0.3) is 45.1 Å². The van der Waals surface area contributed by atoms with Crippen molar-refractivity contribution in [3.8, 4) is 22.9 Å². The number of oxazole rings is 2. The average molecular weight is 451 g/mol. The smallest absolute Gasteiger partial charge is 0.227 e. The Kier molecular flexibility index (Phi) is 5.23. The second kappa shape index (κ2) is 8.51. The molecule has 6 aromatic rings. The number of nitrogens with two attached hydrogens (primary N) is 4. The first kappa shape index (κ1) is 20.9. The number of hydrogen-bond acceptors (Lipinski definition) is 8. The highest BCUT2D eigenvalue weighted by molar-refractivity contribution is 5.80. The van der Waals surface area contributed by atoms with Crippen LogP contribution in [0.3, 0.4) is 0 Å². The molecule has 2 aromatic heterocycles. The van der Waals surface area contributed by atoms with Crippen molar-refractivity contribution in [2.45, 2.75) is 0 Å². The number of rotatable bonds is 2. The Morgan fingerprint density at radius 1 is 0.441 bits per heavy atom. The van der Waals surface area contributed by atoms with Crippen LogP contribution in [0.1, 0.15) is 0 Å². The lowest BCUT2D eigenvalue weighted by atomic mass is 10.2. The van der Waals surface area contributed by atoms with Crippen LogP contribution in [0.2, 0.25) is 0 Å². The lowest BCUT2D eigenvalue weighted by Crippen LogP contribution is -1.84. The van der Waals surface area contributed by atoms with Gasteiger partial charge in [-0.25, -0.2) is 9.97 Å². The summed E-state index contributed by atoms with van der Waals surface area (Å²) in [5, 5.41) is 0. The van der Waals surface area contributed by atoms with Gasteiger partial charge in [0.2, 0.25) is 11.8 Å². The van der Waals surface area contributed by atoms with Crippen molar-refractivity contribution in [3.05, 3.63) is 84.9 Å². The lowest BCUT2D eigenvalue weighted by molar-refractivity contribution is 0.619. The highest BCUT2D eigenvalue weighted by Crippen LogP contribution is 2.27. The summed E-state index contributed by atoms with van der Waals surface area (Å²) < 4.78 is 11.3. The zero-order chi connectivity index (χ0) is 23.7. The van der Waals surface area contributed by atoms with Gasteiger partial charge in [-0.15, -0.1) is 0 Å². The van der Waals surface area contributed by atoms with Crippen LogP contribution in [0.5, 0.6) is 0 Å². The van der Waals surface area contributed by atoms with Crippen LogP contribution in [0.15, 0.2) is 93.8 Å². The fraction of sp³-hybridized carbons (Fsp3) is 0. The molecule has 0 saturated heterocycles. The van der Waals surface area contributed by atoms with E-state index in [2.05, 4.69) is 9.97 Å². The highest BCUT2D eigenvalue weighted by atomic mass is 16.4. The monoisotopic (exact) mass is 450 g/mol. The van der Waals surface area contributed by atoms with E-state index in [1.807, 2.05) is 60.7 Å². The summed E-state index contributed by atoms with van der Waals surface area (Å²) in [6, 6.07) is 25.6. The van der Waals surface area contributed by atoms with Gasteiger partial charge in [0.25, 0.3) is 0 Å². The van der Waals surface area contributed by atoms with Crippen molar-refractivity contribution < 1.29 is 8.83 Å². The van der Waals surface area contributed by atoms with Gasteiger partial charge < -0.3 is 31.8 Å². The summed E-state index contributed by atoms with van der Waals surface area (Å²) >= 11 is 0. The third-order valence-corrected chi connectivity index (χ3v) is 5.14. The lowest BCUT2D eigenvalue weighted by Gasteiger charge is -1.95. The van der Waals surface area contributed by atoms with Gasteiger partial charge >= 0.3 is 0 Å². The van der Waals surface area contributed by atoms with Crippen molar-refractivity contribution >= 4 is 44.9 Å². The molecule has 0 bridgehead atoms. The van der Waals surface area contributed by atoms with Gasteiger partial charge in [0.15, 0.2) is 11.2 Å². The van der Waals surface area contributed by atoms with Crippen molar-refractivity contribution in [2.24, 2.45) is 0 Å². The van der Waals surface area contributed by atoms with Crippen LogP contribution in [-0.4, -0.2) is 9.97 Å². The van der Waals surface area contributed by atoms with Gasteiger partial charge in [0, 0.05) is 33.9 Å². The van der Waals surface area contributed by atoms with E-state index in [-0.39, 0.29) is 0 Å². The first-order valence-corrected chi connectivity index (χ1v) is 10.5. The Bertz CT molecular complexity index is 1460. The number of aromatic nitrogens is 2. The fourth-order valence-electron chi connectivity index (χ4n) is 3.39. The van der Waals surface area contributed by atoms with Crippen LogP contribution in [-0.2, 0) is 0 Å². The molecule has 0 saturated carbocycles. The van der Waals surface area contributed by atoms with E-state index in [4.69, 9.17) is 31.8 Å². The normalized spacial score (nSPS) is 10.8. The minimum atomic E-state index is 0.575. The van der Waals surface area contributed by atoms with Crippen LogP contribution in [0, 0.1) is 0 Å². The van der Waals surface area contributed by atoms with Gasteiger partial charge in [-0.1, -0.05) is 0 Å². The SMILES string of the molecule is Nc1ccc(-c2nc3cc(N)ccc3o2)cc1.Nc1ccc(-c2nc3cc(N)ccc3o2)cc1. The zero-order valence-electron chi connectivity index (χ0n) is 18.1. The molecule has 8 N–H and O–H groups in total. The molecule has 0 amide bonds. The first-order chi connectivity index (χ1) is 16.4. The number of fused-ring (bicyclic) bond motifs is 2. The molecule has 0 aliphatic rings. The maximum atomic E-state index is 5.69. The second-order valence-corrected chi connectivity index (χ2v) is 7.74. The Labute approximate surface area is 194 Å². The number of benzene rings is 4. The van der Waals surface area contributed by atoms with Gasteiger partial charge in [0.05, 0.1) is 0 Å². The molecule has 8 heteroatoms. The molecular weight excluding hydrogens is 428 g/mol. The van der Waals surface area contributed by atoms with E-state index >= 15 is 0 Å². The molecule has 8 nitrogen and oxygen atoms in total.